The van der Waals surface area contributed by atoms with Gasteiger partial charge in [-0.15, -0.1) is 0 Å². The van der Waals surface area contributed by atoms with Gasteiger partial charge in [-0.05, 0) is 68.1 Å². The predicted molar refractivity (Wildman–Crippen MR) is 119 cm³/mol. The standard InChI is InChI=1S/C22H25N5O3S/c1-15-11-16(2)27(25-15)21-9-6-17(13-23-21)14-24-22(28)19-7-8-20-18(12-19)5-4-10-26(20)31(3,29)30/h6-9,11-13H,4-5,10,14H2,1-3H3,(H,24,28). The van der Waals surface area contributed by atoms with Crippen LogP contribution >= 0.6 is 0 Å². The minimum absolute atomic E-state index is 0.207. The average molecular weight is 440 g/mol. The monoisotopic (exact) mass is 439 g/mol. The van der Waals surface area contributed by atoms with E-state index in [1.54, 1.807) is 29.1 Å². The molecule has 0 saturated heterocycles. The molecule has 1 aliphatic heterocycles. The lowest BCUT2D eigenvalue weighted by Crippen LogP contribution is -2.34. The van der Waals surface area contributed by atoms with Crippen LogP contribution in [0.5, 0.6) is 0 Å². The first-order chi connectivity index (χ1) is 14.7. The smallest absolute Gasteiger partial charge is 0.251 e. The Hall–Kier alpha value is -3.20. The number of nitrogens with one attached hydrogen (secondary N) is 1. The molecule has 1 N–H and O–H groups in total. The Morgan fingerprint density at radius 2 is 1.97 bits per heavy atom. The zero-order valence-corrected chi connectivity index (χ0v) is 18.6. The number of hydrogen-bond donors (Lipinski definition) is 1. The lowest BCUT2D eigenvalue weighted by molar-refractivity contribution is 0.0951. The molecule has 1 aromatic carbocycles. The van der Waals surface area contributed by atoms with Crippen molar-refractivity contribution in [3.63, 3.8) is 0 Å². The molecule has 1 amide bonds. The molecule has 0 aliphatic carbocycles. The van der Waals surface area contributed by atoms with Gasteiger partial charge >= 0.3 is 0 Å². The van der Waals surface area contributed by atoms with Gasteiger partial charge in [0, 0.05) is 30.5 Å². The molecule has 3 aromatic rings. The van der Waals surface area contributed by atoms with Gasteiger partial charge in [0.05, 0.1) is 17.6 Å². The van der Waals surface area contributed by atoms with Crippen molar-refractivity contribution in [1.29, 1.82) is 0 Å². The number of fused-ring (bicyclic) bond motifs is 1. The summed E-state index contributed by atoms with van der Waals surface area (Å²) in [6.45, 7) is 4.73. The Morgan fingerprint density at radius 3 is 2.61 bits per heavy atom. The van der Waals surface area contributed by atoms with E-state index < -0.39 is 10.0 Å². The molecule has 2 aromatic heterocycles. The van der Waals surface area contributed by atoms with E-state index in [0.29, 0.717) is 24.3 Å². The summed E-state index contributed by atoms with van der Waals surface area (Å²) in [6, 6.07) is 10.9. The molecule has 0 fully saturated rings. The Balaban J connectivity index is 1.44. The fourth-order valence-corrected chi connectivity index (χ4v) is 4.84. The van der Waals surface area contributed by atoms with Crippen LogP contribution in [0.25, 0.3) is 5.82 Å². The van der Waals surface area contributed by atoms with Gasteiger partial charge in [-0.25, -0.2) is 18.1 Å². The third-order valence-electron chi connectivity index (χ3n) is 5.31. The largest absolute Gasteiger partial charge is 0.348 e. The van der Waals surface area contributed by atoms with Crippen molar-refractivity contribution in [3.05, 3.63) is 70.7 Å². The predicted octanol–water partition coefficient (Wildman–Crippen LogP) is 2.53. The van der Waals surface area contributed by atoms with E-state index in [4.69, 9.17) is 0 Å². The number of aryl methyl sites for hydroxylation is 3. The number of aromatic nitrogens is 3. The summed E-state index contributed by atoms with van der Waals surface area (Å²) in [5, 5.41) is 7.33. The number of sulfonamides is 1. The van der Waals surface area contributed by atoms with E-state index in [1.807, 2.05) is 32.0 Å². The minimum atomic E-state index is -3.32. The van der Waals surface area contributed by atoms with Gasteiger partial charge in [0.1, 0.15) is 0 Å². The lowest BCUT2D eigenvalue weighted by Gasteiger charge is -2.29. The molecule has 1 aliphatic rings. The molecule has 0 bridgehead atoms. The highest BCUT2D eigenvalue weighted by molar-refractivity contribution is 7.92. The van der Waals surface area contributed by atoms with E-state index in [2.05, 4.69) is 15.4 Å². The van der Waals surface area contributed by atoms with Gasteiger partial charge in [-0.3, -0.25) is 9.10 Å². The Kier molecular flexibility index (Phi) is 5.53. The first kappa shape index (κ1) is 21.0. The van der Waals surface area contributed by atoms with Gasteiger partial charge in [0.2, 0.25) is 10.0 Å². The van der Waals surface area contributed by atoms with Crippen molar-refractivity contribution >= 4 is 21.6 Å². The molecule has 0 atom stereocenters. The molecule has 3 heterocycles. The highest BCUT2D eigenvalue weighted by atomic mass is 32.2. The Bertz CT molecular complexity index is 1230. The van der Waals surface area contributed by atoms with Crippen LogP contribution in [0, 0.1) is 13.8 Å². The van der Waals surface area contributed by atoms with Crippen molar-refractivity contribution in [2.45, 2.75) is 33.2 Å². The molecule has 0 unspecified atom stereocenters. The average Bonchev–Trinajstić information content (AvgIpc) is 3.08. The van der Waals surface area contributed by atoms with Crippen molar-refractivity contribution in [3.8, 4) is 5.82 Å². The first-order valence-electron chi connectivity index (χ1n) is 10.1. The van der Waals surface area contributed by atoms with E-state index in [-0.39, 0.29) is 5.91 Å². The summed E-state index contributed by atoms with van der Waals surface area (Å²) >= 11 is 0. The van der Waals surface area contributed by atoms with Crippen LogP contribution in [0.15, 0.2) is 42.6 Å². The van der Waals surface area contributed by atoms with Crippen LogP contribution in [0.3, 0.4) is 0 Å². The van der Waals surface area contributed by atoms with Gasteiger partial charge < -0.3 is 5.32 Å². The van der Waals surface area contributed by atoms with E-state index in [1.165, 1.54) is 10.6 Å². The number of anilines is 1. The first-order valence-corrected chi connectivity index (χ1v) is 11.9. The number of hydrogen-bond acceptors (Lipinski definition) is 5. The van der Waals surface area contributed by atoms with E-state index >= 15 is 0 Å². The summed E-state index contributed by atoms with van der Waals surface area (Å²) in [5.41, 5.74) is 4.86. The van der Waals surface area contributed by atoms with Crippen molar-refractivity contribution in [2.24, 2.45) is 0 Å². The molecule has 0 radical (unpaired) electrons. The number of nitrogens with zero attached hydrogens (tertiary/aromatic N) is 4. The maximum atomic E-state index is 12.6. The van der Waals surface area contributed by atoms with Gasteiger partial charge in [0.15, 0.2) is 5.82 Å². The lowest BCUT2D eigenvalue weighted by atomic mass is 10.0. The molecule has 0 spiro atoms. The quantitative estimate of drug-likeness (QED) is 0.659. The van der Waals surface area contributed by atoms with Crippen LogP contribution in [0.4, 0.5) is 5.69 Å². The van der Waals surface area contributed by atoms with Crippen molar-refractivity contribution in [1.82, 2.24) is 20.1 Å². The van der Waals surface area contributed by atoms with Crippen LogP contribution in [0.2, 0.25) is 0 Å². The van der Waals surface area contributed by atoms with E-state index in [0.717, 1.165) is 41.2 Å². The van der Waals surface area contributed by atoms with Crippen LogP contribution in [0.1, 0.15) is 39.3 Å². The Morgan fingerprint density at radius 1 is 1.16 bits per heavy atom. The molecule has 162 valence electrons. The summed E-state index contributed by atoms with van der Waals surface area (Å²) in [7, 11) is -3.32. The highest BCUT2D eigenvalue weighted by Gasteiger charge is 2.24. The zero-order valence-electron chi connectivity index (χ0n) is 17.8. The zero-order chi connectivity index (χ0) is 22.2. The Labute approximate surface area is 182 Å². The van der Waals surface area contributed by atoms with Crippen LogP contribution in [-0.4, -0.2) is 41.9 Å². The van der Waals surface area contributed by atoms with Crippen LogP contribution in [-0.2, 0) is 23.0 Å². The number of rotatable bonds is 5. The molecule has 8 nitrogen and oxygen atoms in total. The van der Waals surface area contributed by atoms with Crippen molar-refractivity contribution < 1.29 is 13.2 Å². The maximum Gasteiger partial charge on any atom is 0.251 e. The molecule has 4 rings (SSSR count). The van der Waals surface area contributed by atoms with Crippen molar-refractivity contribution in [2.75, 3.05) is 17.1 Å². The fraction of sp³-hybridized carbons (Fsp3) is 0.318. The number of amides is 1. The third-order valence-corrected chi connectivity index (χ3v) is 6.49. The summed E-state index contributed by atoms with van der Waals surface area (Å²) in [5.74, 6) is 0.521. The number of benzene rings is 1. The number of carbonyl (C=O) groups excluding carboxylic acids is 1. The number of carbonyl (C=O) groups is 1. The number of pyridine rings is 1. The normalized spacial score (nSPS) is 13.7. The third kappa shape index (κ3) is 4.46. The van der Waals surface area contributed by atoms with E-state index in [9.17, 15) is 13.2 Å². The summed E-state index contributed by atoms with van der Waals surface area (Å²) in [4.78, 5) is 17.1. The van der Waals surface area contributed by atoms with Gasteiger partial charge in [0.25, 0.3) is 5.91 Å². The second-order valence-electron chi connectivity index (χ2n) is 7.83. The topological polar surface area (TPSA) is 97.2 Å². The second-order valence-corrected chi connectivity index (χ2v) is 9.74. The maximum absolute atomic E-state index is 12.6. The summed E-state index contributed by atoms with van der Waals surface area (Å²) in [6.07, 6.45) is 4.42. The molecule has 9 heteroatoms. The SMILES string of the molecule is Cc1cc(C)n(-c2ccc(CNC(=O)c3ccc4c(c3)CCCN4S(C)(=O)=O)cn2)n1. The minimum Gasteiger partial charge on any atom is -0.348 e. The molecule has 0 saturated carbocycles. The molecular formula is C22H25N5O3S. The molecule has 31 heavy (non-hydrogen) atoms. The second kappa shape index (κ2) is 8.14. The highest BCUT2D eigenvalue weighted by Crippen LogP contribution is 2.29. The van der Waals surface area contributed by atoms with Gasteiger partial charge in [-0.1, -0.05) is 6.07 Å². The fourth-order valence-electron chi connectivity index (χ4n) is 3.84. The van der Waals surface area contributed by atoms with Gasteiger partial charge in [-0.2, -0.15) is 5.10 Å². The van der Waals surface area contributed by atoms with Crippen LogP contribution < -0.4 is 9.62 Å². The summed E-state index contributed by atoms with van der Waals surface area (Å²) < 4.78 is 27.2. The molecular weight excluding hydrogens is 414 g/mol.